The molecule has 2 aromatic rings. The predicted molar refractivity (Wildman–Crippen MR) is 94.9 cm³/mol. The highest BCUT2D eigenvalue weighted by Crippen LogP contribution is 2.27. The van der Waals surface area contributed by atoms with Gasteiger partial charge in [0.25, 0.3) is 0 Å². The van der Waals surface area contributed by atoms with E-state index in [9.17, 15) is 4.79 Å². The lowest BCUT2D eigenvalue weighted by atomic mass is 10.1. The molecule has 122 valence electrons. The SMILES string of the molecule is CCN(C[C@H]1CCOC1)C(=O)Nc1cccc(-c2cccs2)c1. The van der Waals surface area contributed by atoms with Gasteiger partial charge in [0.1, 0.15) is 0 Å². The van der Waals surface area contributed by atoms with Gasteiger partial charge in [-0.3, -0.25) is 0 Å². The van der Waals surface area contributed by atoms with Gasteiger partial charge in [0.2, 0.25) is 0 Å². The number of carbonyl (C=O) groups is 1. The van der Waals surface area contributed by atoms with Gasteiger partial charge in [0, 0.05) is 36.2 Å². The molecular weight excluding hydrogens is 308 g/mol. The summed E-state index contributed by atoms with van der Waals surface area (Å²) in [5.74, 6) is 0.457. The Kier molecular flexibility index (Phi) is 5.31. The van der Waals surface area contributed by atoms with Crippen molar-refractivity contribution < 1.29 is 9.53 Å². The summed E-state index contributed by atoms with van der Waals surface area (Å²) in [5.41, 5.74) is 1.96. The van der Waals surface area contributed by atoms with Crippen molar-refractivity contribution in [2.24, 2.45) is 5.92 Å². The lowest BCUT2D eigenvalue weighted by Gasteiger charge is -2.24. The first-order chi connectivity index (χ1) is 11.3. The first-order valence-corrected chi connectivity index (χ1v) is 8.92. The van der Waals surface area contributed by atoms with Crippen LogP contribution in [-0.4, -0.2) is 37.2 Å². The topological polar surface area (TPSA) is 41.6 Å². The smallest absolute Gasteiger partial charge is 0.321 e. The van der Waals surface area contributed by atoms with Gasteiger partial charge >= 0.3 is 6.03 Å². The third-order valence-electron chi connectivity index (χ3n) is 4.09. The Morgan fingerprint density at radius 3 is 3.00 bits per heavy atom. The number of urea groups is 1. The van der Waals surface area contributed by atoms with Crippen molar-refractivity contribution in [2.75, 3.05) is 31.6 Å². The van der Waals surface area contributed by atoms with E-state index in [0.29, 0.717) is 12.5 Å². The van der Waals surface area contributed by atoms with E-state index in [4.69, 9.17) is 4.74 Å². The van der Waals surface area contributed by atoms with Crippen molar-refractivity contribution in [3.63, 3.8) is 0 Å². The van der Waals surface area contributed by atoms with E-state index in [1.165, 1.54) is 4.88 Å². The zero-order valence-electron chi connectivity index (χ0n) is 13.3. The maximum absolute atomic E-state index is 12.5. The molecule has 4 nitrogen and oxygen atoms in total. The Bertz CT molecular complexity index is 636. The van der Waals surface area contributed by atoms with Crippen molar-refractivity contribution in [2.45, 2.75) is 13.3 Å². The molecule has 23 heavy (non-hydrogen) atoms. The van der Waals surface area contributed by atoms with Gasteiger partial charge in [-0.2, -0.15) is 0 Å². The average molecular weight is 330 g/mol. The molecule has 2 amide bonds. The summed E-state index contributed by atoms with van der Waals surface area (Å²) < 4.78 is 5.40. The Balaban J connectivity index is 1.65. The number of thiophene rings is 1. The van der Waals surface area contributed by atoms with Crippen LogP contribution in [0.25, 0.3) is 10.4 Å². The maximum Gasteiger partial charge on any atom is 0.321 e. The highest BCUT2D eigenvalue weighted by Gasteiger charge is 2.21. The van der Waals surface area contributed by atoms with Crippen LogP contribution < -0.4 is 5.32 Å². The molecule has 1 atom stereocenters. The highest BCUT2D eigenvalue weighted by atomic mass is 32.1. The van der Waals surface area contributed by atoms with Gasteiger partial charge in [-0.25, -0.2) is 4.79 Å². The van der Waals surface area contributed by atoms with Crippen LogP contribution >= 0.6 is 11.3 Å². The monoisotopic (exact) mass is 330 g/mol. The van der Waals surface area contributed by atoms with Crippen molar-refractivity contribution in [3.05, 3.63) is 41.8 Å². The summed E-state index contributed by atoms with van der Waals surface area (Å²) >= 11 is 1.70. The second-order valence-electron chi connectivity index (χ2n) is 5.76. The number of benzene rings is 1. The molecule has 0 spiro atoms. The maximum atomic E-state index is 12.5. The van der Waals surface area contributed by atoms with Gasteiger partial charge in [-0.15, -0.1) is 11.3 Å². The molecule has 1 saturated heterocycles. The molecule has 1 aliphatic rings. The zero-order chi connectivity index (χ0) is 16.1. The molecule has 0 aliphatic carbocycles. The molecule has 0 saturated carbocycles. The number of ether oxygens (including phenoxy) is 1. The molecule has 3 rings (SSSR count). The highest BCUT2D eigenvalue weighted by molar-refractivity contribution is 7.13. The summed E-state index contributed by atoms with van der Waals surface area (Å²) in [6, 6.07) is 12.1. The number of carbonyl (C=O) groups excluding carboxylic acids is 1. The van der Waals surface area contributed by atoms with Gasteiger partial charge in [-0.05, 0) is 42.5 Å². The first kappa shape index (κ1) is 16.0. The van der Waals surface area contributed by atoms with Crippen molar-refractivity contribution in [1.82, 2.24) is 4.90 Å². The quantitative estimate of drug-likeness (QED) is 0.888. The molecule has 1 aromatic carbocycles. The molecule has 2 heterocycles. The summed E-state index contributed by atoms with van der Waals surface area (Å²) in [5, 5.41) is 5.08. The van der Waals surface area contributed by atoms with Crippen LogP contribution in [0.2, 0.25) is 0 Å². The van der Waals surface area contributed by atoms with Crippen LogP contribution in [0.5, 0.6) is 0 Å². The molecular formula is C18H22N2O2S. The molecule has 0 radical (unpaired) electrons. The van der Waals surface area contributed by atoms with Gasteiger partial charge in [0.15, 0.2) is 0 Å². The van der Waals surface area contributed by atoms with Gasteiger partial charge in [0.05, 0.1) is 6.61 Å². The number of nitrogens with zero attached hydrogens (tertiary/aromatic N) is 1. The predicted octanol–water partition coefficient (Wildman–Crippen LogP) is 4.31. The second-order valence-corrected chi connectivity index (χ2v) is 6.70. The Labute approximate surface area is 141 Å². The Hall–Kier alpha value is -1.85. The van der Waals surface area contributed by atoms with Crippen LogP contribution in [0, 0.1) is 5.92 Å². The molecule has 1 aliphatic heterocycles. The number of rotatable bonds is 5. The van der Waals surface area contributed by atoms with Crippen molar-refractivity contribution in [3.8, 4) is 10.4 Å². The Morgan fingerprint density at radius 1 is 1.39 bits per heavy atom. The van der Waals surface area contributed by atoms with E-state index in [2.05, 4.69) is 22.8 Å². The van der Waals surface area contributed by atoms with Gasteiger partial charge in [-0.1, -0.05) is 18.2 Å². The number of amides is 2. The van der Waals surface area contributed by atoms with Crippen LogP contribution in [0.4, 0.5) is 10.5 Å². The number of hydrogen-bond donors (Lipinski definition) is 1. The summed E-state index contributed by atoms with van der Waals surface area (Å²) in [4.78, 5) is 15.6. The summed E-state index contributed by atoms with van der Waals surface area (Å²) in [6.07, 6.45) is 1.04. The summed E-state index contributed by atoms with van der Waals surface area (Å²) in [6.45, 7) is 5.04. The van der Waals surface area contributed by atoms with Crippen molar-refractivity contribution in [1.29, 1.82) is 0 Å². The minimum Gasteiger partial charge on any atom is -0.381 e. The zero-order valence-corrected chi connectivity index (χ0v) is 14.1. The van der Waals surface area contributed by atoms with E-state index in [1.807, 2.05) is 36.1 Å². The fourth-order valence-electron chi connectivity index (χ4n) is 2.79. The van der Waals surface area contributed by atoms with Crippen LogP contribution in [0.3, 0.4) is 0 Å². The number of nitrogens with one attached hydrogen (secondary N) is 1. The lowest BCUT2D eigenvalue weighted by molar-refractivity contribution is 0.171. The third-order valence-corrected chi connectivity index (χ3v) is 5.01. The minimum absolute atomic E-state index is 0.0391. The van der Waals surface area contributed by atoms with E-state index in [-0.39, 0.29) is 6.03 Å². The fourth-order valence-corrected chi connectivity index (χ4v) is 3.51. The van der Waals surface area contributed by atoms with Crippen molar-refractivity contribution >= 4 is 23.1 Å². The van der Waals surface area contributed by atoms with Crippen LogP contribution in [0.15, 0.2) is 41.8 Å². The Morgan fingerprint density at radius 2 is 2.30 bits per heavy atom. The molecule has 1 N–H and O–H groups in total. The molecule has 0 unspecified atom stereocenters. The average Bonchev–Trinajstić information content (AvgIpc) is 3.26. The lowest BCUT2D eigenvalue weighted by Crippen LogP contribution is -2.38. The van der Waals surface area contributed by atoms with E-state index < -0.39 is 0 Å². The normalized spacial score (nSPS) is 17.2. The summed E-state index contributed by atoms with van der Waals surface area (Å²) in [7, 11) is 0. The largest absolute Gasteiger partial charge is 0.381 e. The number of anilines is 1. The van der Waals surface area contributed by atoms with E-state index >= 15 is 0 Å². The molecule has 5 heteroatoms. The van der Waals surface area contributed by atoms with E-state index in [1.54, 1.807) is 11.3 Å². The fraction of sp³-hybridized carbons (Fsp3) is 0.389. The number of hydrogen-bond acceptors (Lipinski definition) is 3. The van der Waals surface area contributed by atoms with E-state index in [0.717, 1.165) is 37.4 Å². The first-order valence-electron chi connectivity index (χ1n) is 8.04. The molecule has 0 bridgehead atoms. The van der Waals surface area contributed by atoms with Gasteiger partial charge < -0.3 is 15.0 Å². The molecule has 1 aromatic heterocycles. The minimum atomic E-state index is -0.0391. The standard InChI is InChI=1S/C18H22N2O2S/c1-2-20(12-14-8-9-22-13-14)18(21)19-16-6-3-5-15(11-16)17-7-4-10-23-17/h3-7,10-11,14H,2,8-9,12-13H2,1H3,(H,19,21)/t14-/m1/s1. The molecule has 1 fully saturated rings. The van der Waals surface area contributed by atoms with Crippen LogP contribution in [-0.2, 0) is 4.74 Å². The van der Waals surface area contributed by atoms with Crippen LogP contribution in [0.1, 0.15) is 13.3 Å². The second kappa shape index (κ2) is 7.62. The third kappa shape index (κ3) is 4.12.